The number of carbonyl (C=O) groups excluding carboxylic acids is 1. The Morgan fingerprint density at radius 1 is 1.23 bits per heavy atom. The first-order valence-corrected chi connectivity index (χ1v) is 14.8. The Morgan fingerprint density at radius 3 is 2.75 bits per heavy atom. The minimum atomic E-state index is -0.346. The molecule has 4 heterocycles. The average Bonchev–Trinajstić information content (AvgIpc) is 3.38. The van der Waals surface area contributed by atoms with Gasteiger partial charge in [0.25, 0.3) is 11.5 Å². The molecule has 3 aromatic heterocycles. The summed E-state index contributed by atoms with van der Waals surface area (Å²) < 4.78 is 6.19. The van der Waals surface area contributed by atoms with Gasteiger partial charge < -0.3 is 10.2 Å². The maximum absolute atomic E-state index is 13.7. The van der Waals surface area contributed by atoms with Crippen molar-refractivity contribution in [3.8, 4) is 0 Å². The van der Waals surface area contributed by atoms with Crippen LogP contribution in [-0.2, 0) is 14.1 Å². The molecule has 1 saturated heterocycles. The van der Waals surface area contributed by atoms with Gasteiger partial charge in [-0.15, -0.1) is 0 Å². The number of anilines is 2. The fourth-order valence-electron chi connectivity index (χ4n) is 5.41. The van der Waals surface area contributed by atoms with Crippen LogP contribution in [-0.4, -0.2) is 49.6 Å². The maximum atomic E-state index is 13.7. The number of piperidine rings is 1. The summed E-state index contributed by atoms with van der Waals surface area (Å²) in [6, 6.07) is 7.02. The van der Waals surface area contributed by atoms with Crippen molar-refractivity contribution >= 4 is 52.0 Å². The van der Waals surface area contributed by atoms with Crippen molar-refractivity contribution in [2.45, 2.75) is 38.6 Å². The summed E-state index contributed by atoms with van der Waals surface area (Å²) in [6.07, 6.45) is 7.82. The molecule has 1 aliphatic rings. The van der Waals surface area contributed by atoms with Gasteiger partial charge in [0, 0.05) is 51.1 Å². The highest BCUT2D eigenvalue weighted by atomic mass is 35.5. The van der Waals surface area contributed by atoms with E-state index in [-0.39, 0.29) is 28.4 Å². The van der Waals surface area contributed by atoms with E-state index in [1.54, 1.807) is 30.0 Å². The monoisotopic (exact) mass is 580 g/mol. The minimum absolute atomic E-state index is 0.0890. The molecule has 40 heavy (non-hydrogen) atoms. The van der Waals surface area contributed by atoms with Gasteiger partial charge in [0.15, 0.2) is 5.69 Å². The molecular formula is C28H33ClN8O2S. The summed E-state index contributed by atoms with van der Waals surface area (Å²) in [5.41, 5.74) is 4.30. The summed E-state index contributed by atoms with van der Waals surface area (Å²) in [7, 11) is 3.72. The fourth-order valence-corrected chi connectivity index (χ4v) is 5.84. The Hall–Kier alpha value is -3.57. The molecule has 0 radical (unpaired) electrons. The van der Waals surface area contributed by atoms with Crippen LogP contribution in [0.3, 0.4) is 0 Å². The molecule has 1 amide bonds. The van der Waals surface area contributed by atoms with Crippen LogP contribution in [0.1, 0.15) is 58.9 Å². The van der Waals surface area contributed by atoms with Crippen molar-refractivity contribution in [3.05, 3.63) is 74.6 Å². The minimum Gasteiger partial charge on any atom is -0.377 e. The highest BCUT2D eigenvalue weighted by Gasteiger charge is 2.27. The molecular weight excluding hydrogens is 548 g/mol. The number of aryl methyl sites for hydroxylation is 2. The summed E-state index contributed by atoms with van der Waals surface area (Å²) >= 11 is 7.29. The Balaban J connectivity index is 1.54. The van der Waals surface area contributed by atoms with Crippen molar-refractivity contribution in [2.75, 3.05) is 29.6 Å². The van der Waals surface area contributed by atoms with Crippen LogP contribution in [0.4, 0.5) is 11.6 Å². The Kier molecular flexibility index (Phi) is 8.04. The third kappa shape index (κ3) is 5.53. The third-order valence-electron chi connectivity index (χ3n) is 7.34. The number of rotatable bonds is 7. The number of hydrogen-bond donors (Lipinski definition) is 2. The molecule has 2 N–H and O–H groups in total. The molecule has 1 aromatic carbocycles. The number of aromatic nitrogens is 5. The van der Waals surface area contributed by atoms with Crippen molar-refractivity contribution < 1.29 is 4.79 Å². The van der Waals surface area contributed by atoms with Crippen molar-refractivity contribution in [3.63, 3.8) is 0 Å². The zero-order chi connectivity index (χ0) is 28.6. The number of fused-ring (bicyclic) bond motifs is 1. The zero-order valence-corrected chi connectivity index (χ0v) is 24.8. The lowest BCUT2D eigenvalue weighted by molar-refractivity contribution is 0.0980. The van der Waals surface area contributed by atoms with E-state index in [1.807, 2.05) is 43.9 Å². The molecule has 1 fully saturated rings. The molecule has 1 aliphatic heterocycles. The van der Waals surface area contributed by atoms with Gasteiger partial charge in [-0.2, -0.15) is 5.10 Å². The molecule has 0 spiro atoms. The Bertz CT molecular complexity index is 1630. The number of amides is 1. The SMILES string of the molecule is CSNC(=O)c1nc(Cl)ccc1NC(C)c1cc(C)cc2c(=O)n(C)c(N3CCC[C@@H](c4cnn(C)c4)C3)nc12. The number of halogens is 1. The second-order valence-electron chi connectivity index (χ2n) is 10.3. The molecule has 4 aromatic rings. The lowest BCUT2D eigenvalue weighted by Gasteiger charge is -2.34. The second-order valence-corrected chi connectivity index (χ2v) is 11.3. The number of pyridine rings is 1. The molecule has 5 rings (SSSR count). The molecule has 10 nitrogen and oxygen atoms in total. The van der Waals surface area contributed by atoms with Gasteiger partial charge >= 0.3 is 0 Å². The van der Waals surface area contributed by atoms with Gasteiger partial charge in [-0.25, -0.2) is 9.97 Å². The van der Waals surface area contributed by atoms with Crippen LogP contribution >= 0.6 is 23.5 Å². The summed E-state index contributed by atoms with van der Waals surface area (Å²) in [6.45, 7) is 5.53. The zero-order valence-electron chi connectivity index (χ0n) is 23.2. The smallest absolute Gasteiger partial charge is 0.281 e. The van der Waals surface area contributed by atoms with Gasteiger partial charge in [-0.3, -0.25) is 23.6 Å². The summed E-state index contributed by atoms with van der Waals surface area (Å²) in [4.78, 5) is 37.9. The predicted octanol–water partition coefficient (Wildman–Crippen LogP) is 4.59. The van der Waals surface area contributed by atoms with Gasteiger partial charge in [0.2, 0.25) is 5.95 Å². The largest absolute Gasteiger partial charge is 0.377 e. The van der Waals surface area contributed by atoms with E-state index in [4.69, 9.17) is 16.6 Å². The van der Waals surface area contributed by atoms with Crippen molar-refractivity contribution in [1.29, 1.82) is 0 Å². The summed E-state index contributed by atoms with van der Waals surface area (Å²) in [5, 5.41) is 8.55. The molecule has 0 saturated carbocycles. The first-order chi connectivity index (χ1) is 19.2. The lowest BCUT2D eigenvalue weighted by atomic mass is 9.93. The van der Waals surface area contributed by atoms with Crippen LogP contribution in [0.2, 0.25) is 5.15 Å². The van der Waals surface area contributed by atoms with Gasteiger partial charge in [-0.05, 0) is 56.0 Å². The second kappa shape index (κ2) is 11.5. The van der Waals surface area contributed by atoms with Crippen molar-refractivity contribution in [2.24, 2.45) is 14.1 Å². The van der Waals surface area contributed by atoms with Crippen molar-refractivity contribution in [1.82, 2.24) is 29.0 Å². The Morgan fingerprint density at radius 2 is 2.02 bits per heavy atom. The maximum Gasteiger partial charge on any atom is 0.281 e. The topological polar surface area (TPSA) is 110 Å². The van der Waals surface area contributed by atoms with Crippen LogP contribution in [0.25, 0.3) is 10.9 Å². The van der Waals surface area contributed by atoms with E-state index in [0.29, 0.717) is 28.5 Å². The number of nitrogens with zero attached hydrogens (tertiary/aromatic N) is 6. The van der Waals surface area contributed by atoms with Crippen LogP contribution in [0.15, 0.2) is 41.5 Å². The molecule has 1 unspecified atom stereocenters. The van der Waals surface area contributed by atoms with E-state index < -0.39 is 0 Å². The number of hydrogen-bond acceptors (Lipinski definition) is 8. The van der Waals surface area contributed by atoms with Gasteiger partial charge in [0.05, 0.1) is 28.8 Å². The quantitative estimate of drug-likeness (QED) is 0.241. The van der Waals surface area contributed by atoms with E-state index in [1.165, 1.54) is 17.5 Å². The fraction of sp³-hybridized carbons (Fsp3) is 0.393. The number of benzene rings is 1. The molecule has 210 valence electrons. The average molecular weight is 581 g/mol. The summed E-state index contributed by atoms with van der Waals surface area (Å²) in [5.74, 6) is 0.620. The Labute approximate surface area is 242 Å². The van der Waals surface area contributed by atoms with E-state index in [2.05, 4.69) is 31.2 Å². The molecule has 0 aliphatic carbocycles. The molecule has 2 atom stereocenters. The standard InChI is InChI=1S/C28H33ClN8O2S/c1-16-11-20(17(2)31-22-8-9-23(29)32-25(22)26(38)34-40-5)24-21(12-16)27(39)36(4)28(33-24)37-10-6-7-18(15-37)19-13-30-35(3)14-19/h8-9,11-14,17-18,31H,6-7,10,15H2,1-5H3,(H,34,38)/t17?,18-/m1/s1. The van der Waals surface area contributed by atoms with E-state index >= 15 is 0 Å². The number of carbonyl (C=O) groups is 1. The molecule has 12 heteroatoms. The third-order valence-corrected chi connectivity index (χ3v) is 7.94. The molecule has 0 bridgehead atoms. The highest BCUT2D eigenvalue weighted by molar-refractivity contribution is 7.97. The van der Waals surface area contributed by atoms with E-state index in [0.717, 1.165) is 37.1 Å². The highest BCUT2D eigenvalue weighted by Crippen LogP contribution is 2.32. The lowest BCUT2D eigenvalue weighted by Crippen LogP contribution is -2.38. The van der Waals surface area contributed by atoms with Crippen LogP contribution in [0, 0.1) is 6.92 Å². The van der Waals surface area contributed by atoms with Gasteiger partial charge in [-0.1, -0.05) is 29.6 Å². The van der Waals surface area contributed by atoms with Crippen LogP contribution < -0.4 is 20.5 Å². The van der Waals surface area contributed by atoms with E-state index in [9.17, 15) is 9.59 Å². The van der Waals surface area contributed by atoms with Gasteiger partial charge in [0.1, 0.15) is 5.15 Å². The first-order valence-electron chi connectivity index (χ1n) is 13.2. The predicted molar refractivity (Wildman–Crippen MR) is 161 cm³/mol. The normalized spacial score (nSPS) is 16.2. The van der Waals surface area contributed by atoms with Crippen LogP contribution in [0.5, 0.6) is 0 Å². The first kappa shape index (κ1) is 28.0. The number of nitrogens with one attached hydrogen (secondary N) is 2.